The van der Waals surface area contributed by atoms with Gasteiger partial charge in [-0.3, -0.25) is 0 Å². The molecule has 12 nitrogen and oxygen atoms in total. The van der Waals surface area contributed by atoms with E-state index in [9.17, 15) is 30.6 Å². The molecule has 1 spiro atoms. The van der Waals surface area contributed by atoms with Gasteiger partial charge in [-0.15, -0.1) is 0 Å². The molecule has 7 fully saturated rings. The molecule has 8 rings (SSSR count). The summed E-state index contributed by atoms with van der Waals surface area (Å²) in [6.45, 7) is 13.4. The highest BCUT2D eigenvalue weighted by molar-refractivity contribution is 5.29. The molecule has 8 aliphatic rings. The van der Waals surface area contributed by atoms with Crippen LogP contribution in [-0.4, -0.2) is 123 Å². The summed E-state index contributed by atoms with van der Waals surface area (Å²) in [5.41, 5.74) is 0.900. The lowest BCUT2D eigenvalue weighted by Gasteiger charge is -2.60. The van der Waals surface area contributed by atoms with Gasteiger partial charge in [0.1, 0.15) is 36.6 Å². The van der Waals surface area contributed by atoms with Gasteiger partial charge in [-0.2, -0.15) is 0 Å². The minimum absolute atomic E-state index is 0.130. The highest BCUT2D eigenvalue weighted by Crippen LogP contribution is 2.71. The Bertz CT molecular complexity index is 1320. The average Bonchev–Trinajstić information content (AvgIpc) is 3.54. The van der Waals surface area contributed by atoms with E-state index in [-0.39, 0.29) is 11.5 Å². The van der Waals surface area contributed by atoms with Crippen molar-refractivity contribution >= 4 is 0 Å². The first-order valence-corrected chi connectivity index (χ1v) is 19.8. The number of allylic oxidation sites excluding steroid dienone is 1. The van der Waals surface area contributed by atoms with Crippen LogP contribution >= 0.6 is 0 Å². The highest BCUT2D eigenvalue weighted by atomic mass is 16.8. The zero-order valence-corrected chi connectivity index (χ0v) is 31.0. The summed E-state index contributed by atoms with van der Waals surface area (Å²) >= 11 is 0. The van der Waals surface area contributed by atoms with Crippen molar-refractivity contribution in [1.29, 1.82) is 0 Å². The largest absolute Gasteiger partial charge is 0.393 e. The first kappa shape index (κ1) is 37.2. The van der Waals surface area contributed by atoms with Crippen LogP contribution in [0.2, 0.25) is 0 Å². The van der Waals surface area contributed by atoms with Gasteiger partial charge in [-0.1, -0.05) is 39.3 Å². The van der Waals surface area contributed by atoms with Crippen LogP contribution in [0.5, 0.6) is 0 Å². The normalized spacial score (nSPS) is 59.8. The number of hydrogen-bond acceptors (Lipinski definition) is 12. The molecular formula is C39H62O12. The Labute approximate surface area is 301 Å². The van der Waals surface area contributed by atoms with Crippen molar-refractivity contribution in [2.75, 3.05) is 6.61 Å². The Morgan fingerprint density at radius 2 is 1.47 bits per heavy atom. The van der Waals surface area contributed by atoms with Gasteiger partial charge in [-0.05, 0) is 87.4 Å². The van der Waals surface area contributed by atoms with E-state index >= 15 is 0 Å². The summed E-state index contributed by atoms with van der Waals surface area (Å²) < 4.78 is 38.4. The van der Waals surface area contributed by atoms with Gasteiger partial charge < -0.3 is 59.1 Å². The van der Waals surface area contributed by atoms with Crippen LogP contribution < -0.4 is 0 Å². The predicted molar refractivity (Wildman–Crippen MR) is 182 cm³/mol. The molecule has 4 heterocycles. The molecular weight excluding hydrogens is 660 g/mol. The van der Waals surface area contributed by atoms with Crippen molar-refractivity contribution in [3.8, 4) is 0 Å². The van der Waals surface area contributed by atoms with Crippen LogP contribution in [0.1, 0.15) is 92.9 Å². The van der Waals surface area contributed by atoms with Crippen LogP contribution in [0.25, 0.3) is 0 Å². The SMILES string of the molecule is C[C@@H]1CC[C@@]2(OC1)O[C@H]1CC3C4CC=C5C[C@H](O)C[C@H](O[C@@H]6O[C@H](C)[C@H](O)[C@H](O)[C@H]6O[C@@H]6O[C@@H](C)[C@H](O)[C@@H](O)[C@H]6O)[C@]5(C)C4CC[C@]3(C)[C@H]1[C@@H]2C. The van der Waals surface area contributed by atoms with Gasteiger partial charge >= 0.3 is 0 Å². The first-order valence-electron chi connectivity index (χ1n) is 19.8. The molecule has 290 valence electrons. The predicted octanol–water partition coefficient (Wildman–Crippen LogP) is 2.39. The van der Waals surface area contributed by atoms with Gasteiger partial charge in [0.05, 0.1) is 37.1 Å². The molecule has 51 heavy (non-hydrogen) atoms. The molecule has 3 saturated carbocycles. The molecule has 0 bridgehead atoms. The lowest BCUT2D eigenvalue weighted by molar-refractivity contribution is -0.371. The van der Waals surface area contributed by atoms with Gasteiger partial charge in [0, 0.05) is 24.2 Å². The van der Waals surface area contributed by atoms with Crippen LogP contribution in [-0.2, 0) is 28.4 Å². The molecule has 0 radical (unpaired) electrons. The van der Waals surface area contributed by atoms with Crippen molar-refractivity contribution < 1.29 is 59.1 Å². The van der Waals surface area contributed by atoms with Gasteiger partial charge in [-0.25, -0.2) is 0 Å². The Kier molecular flexibility index (Phi) is 9.62. The molecule has 0 aromatic rings. The summed E-state index contributed by atoms with van der Waals surface area (Å²) in [5, 5.41) is 64.8. The summed E-state index contributed by atoms with van der Waals surface area (Å²) in [7, 11) is 0. The third-order valence-electron chi connectivity index (χ3n) is 15.6. The van der Waals surface area contributed by atoms with E-state index < -0.39 is 84.8 Å². The van der Waals surface area contributed by atoms with Gasteiger partial charge in [0.25, 0.3) is 0 Å². The minimum atomic E-state index is -1.61. The zero-order valence-electron chi connectivity index (χ0n) is 31.0. The maximum atomic E-state index is 11.3. The maximum absolute atomic E-state index is 11.3. The van der Waals surface area contributed by atoms with Crippen molar-refractivity contribution in [3.05, 3.63) is 11.6 Å². The van der Waals surface area contributed by atoms with E-state index in [0.29, 0.717) is 48.3 Å². The molecule has 0 aromatic heterocycles. The molecule has 3 unspecified atom stereocenters. The minimum Gasteiger partial charge on any atom is -0.393 e. The zero-order chi connectivity index (χ0) is 36.4. The second-order valence-corrected chi connectivity index (χ2v) is 18.3. The van der Waals surface area contributed by atoms with E-state index in [1.165, 1.54) is 5.57 Å². The molecule has 4 saturated heterocycles. The van der Waals surface area contributed by atoms with Crippen LogP contribution in [0.15, 0.2) is 11.6 Å². The van der Waals surface area contributed by atoms with Crippen molar-refractivity contribution in [3.63, 3.8) is 0 Å². The topological polar surface area (TPSA) is 177 Å². The maximum Gasteiger partial charge on any atom is 0.187 e. The highest BCUT2D eigenvalue weighted by Gasteiger charge is 2.69. The third-order valence-corrected chi connectivity index (χ3v) is 15.6. The van der Waals surface area contributed by atoms with E-state index in [0.717, 1.165) is 45.1 Å². The molecule has 4 aliphatic carbocycles. The van der Waals surface area contributed by atoms with Crippen LogP contribution in [0.4, 0.5) is 0 Å². The Morgan fingerprint density at radius 3 is 2.18 bits per heavy atom. The quantitative estimate of drug-likeness (QED) is 0.234. The van der Waals surface area contributed by atoms with Crippen molar-refractivity contribution in [1.82, 2.24) is 0 Å². The van der Waals surface area contributed by atoms with E-state index in [2.05, 4.69) is 33.8 Å². The van der Waals surface area contributed by atoms with Gasteiger partial charge in [0.15, 0.2) is 18.4 Å². The number of fused-ring (bicyclic) bond motifs is 7. The summed E-state index contributed by atoms with van der Waals surface area (Å²) in [4.78, 5) is 0. The number of ether oxygens (including phenoxy) is 6. The smallest absolute Gasteiger partial charge is 0.187 e. The van der Waals surface area contributed by atoms with Crippen molar-refractivity contribution in [2.24, 2.45) is 46.3 Å². The second-order valence-electron chi connectivity index (χ2n) is 18.3. The molecule has 22 atom stereocenters. The number of aliphatic hydroxyl groups is 6. The monoisotopic (exact) mass is 722 g/mol. The molecule has 12 heteroatoms. The molecule has 0 aromatic carbocycles. The fourth-order valence-electron chi connectivity index (χ4n) is 12.6. The average molecular weight is 723 g/mol. The number of aliphatic hydroxyl groups excluding tert-OH is 6. The number of hydrogen-bond donors (Lipinski definition) is 6. The molecule has 6 N–H and O–H groups in total. The standard InChI is InChI=1S/C39H62O12/c1-17-9-12-39(46-16-17)18(2)28-26(51-39)15-25-23-8-7-21-13-22(40)14-27(38(21,6)24(23)10-11-37(25,28)5)49-36-34(32(44)30(42)20(4)48-36)50-35-33(45)31(43)29(41)19(3)47-35/h7,17-20,22-36,40-45H,8-16H2,1-6H3/t17-,18+,19+,20-,22+,23?,24?,25?,26+,27+,28+,29+,30+,31-,32+,33-,34-,35+,36+,37+,38+,39-/m1/s1. The fourth-order valence-corrected chi connectivity index (χ4v) is 12.6. The number of rotatable bonds is 4. The summed E-state index contributed by atoms with van der Waals surface area (Å²) in [6.07, 6.45) is -4.22. The third kappa shape index (κ3) is 5.67. The molecule has 0 amide bonds. The first-order chi connectivity index (χ1) is 24.1. The second kappa shape index (κ2) is 13.2. The van der Waals surface area contributed by atoms with E-state index in [1.54, 1.807) is 13.8 Å². The van der Waals surface area contributed by atoms with Crippen LogP contribution in [0, 0.1) is 46.3 Å². The fraction of sp³-hybridized carbons (Fsp3) is 0.949. The summed E-state index contributed by atoms with van der Waals surface area (Å²) in [5.74, 6) is 2.06. The van der Waals surface area contributed by atoms with Crippen molar-refractivity contribution in [2.45, 2.75) is 178 Å². The lowest BCUT2D eigenvalue weighted by Crippen LogP contribution is -2.64. The summed E-state index contributed by atoms with van der Waals surface area (Å²) in [6, 6.07) is 0. The Balaban J connectivity index is 1.05. The van der Waals surface area contributed by atoms with E-state index in [1.807, 2.05) is 0 Å². The Hall–Kier alpha value is -0.740. The Morgan fingerprint density at radius 1 is 0.765 bits per heavy atom. The lowest BCUT2D eigenvalue weighted by atomic mass is 9.46. The van der Waals surface area contributed by atoms with Crippen LogP contribution in [0.3, 0.4) is 0 Å². The molecule has 4 aliphatic heterocycles. The van der Waals surface area contributed by atoms with E-state index in [4.69, 9.17) is 28.4 Å². The van der Waals surface area contributed by atoms with Gasteiger partial charge in [0.2, 0.25) is 0 Å².